The average molecular weight is 981 g/mol. The highest BCUT2D eigenvalue weighted by Gasteiger charge is 2.19. The smallest absolute Gasteiger partial charge is 0.306 e. The summed E-state index contributed by atoms with van der Waals surface area (Å²) in [6.07, 6.45) is 90.5. The van der Waals surface area contributed by atoms with Crippen molar-refractivity contribution in [3.05, 3.63) is 219 Å². The lowest BCUT2D eigenvalue weighted by Gasteiger charge is -2.18. The predicted octanol–water partition coefficient (Wildman–Crippen LogP) is 18.2. The molecule has 6 heteroatoms. The molecule has 0 aliphatic heterocycles. The van der Waals surface area contributed by atoms with Crippen molar-refractivity contribution in [2.75, 3.05) is 13.2 Å². The highest BCUT2D eigenvalue weighted by Crippen LogP contribution is 2.11. The van der Waals surface area contributed by atoms with Crippen LogP contribution in [-0.4, -0.2) is 37.2 Å². The molecule has 0 N–H and O–H groups in total. The molecule has 0 spiro atoms. The van der Waals surface area contributed by atoms with E-state index in [1.807, 2.05) is 146 Å². The van der Waals surface area contributed by atoms with Gasteiger partial charge in [-0.3, -0.25) is 14.4 Å². The van der Waals surface area contributed by atoms with E-state index in [2.05, 4.69) is 93.7 Å². The molecule has 0 aromatic rings. The normalized spacial score (nSPS) is 13.9. The van der Waals surface area contributed by atoms with E-state index >= 15 is 0 Å². The molecule has 0 aliphatic carbocycles. The largest absolute Gasteiger partial charge is 0.462 e. The van der Waals surface area contributed by atoms with E-state index in [-0.39, 0.29) is 50.4 Å². The van der Waals surface area contributed by atoms with Gasteiger partial charge in [0.05, 0.1) is 0 Å². The minimum Gasteiger partial charge on any atom is -0.462 e. The third kappa shape index (κ3) is 54.7. The number of hydrogen-bond acceptors (Lipinski definition) is 6. The molecule has 0 heterocycles. The summed E-state index contributed by atoms with van der Waals surface area (Å²) in [6.45, 7) is 6.08. The standard InChI is InChI=1S/C66H92O6/c1-4-7-10-13-16-19-22-25-28-31-33-35-38-41-44-47-50-53-56-59-65(68)71-62-63(61-70-64(67)58-55-52-49-46-43-40-37-30-27-24-21-18-15-12-9-6-3)72-66(69)60-57-54-51-48-45-42-39-36-34-32-29-26-23-20-17-14-11-8-5-2/h7-14,16-23,25-36,38-45,63H,4-6,15,24,37,46-62H2,1-3H3/b10-7-,11-8-,12-9-,16-13-,17-14-,21-18-,22-19-,23-20-,28-25-,29-26-,30-27-,33-31+,34-32+,38-35-,39-36-,43-40-,44-41-,45-42-. The van der Waals surface area contributed by atoms with Gasteiger partial charge in [0.1, 0.15) is 13.2 Å². The van der Waals surface area contributed by atoms with E-state index in [0.29, 0.717) is 12.8 Å². The van der Waals surface area contributed by atoms with E-state index in [9.17, 15) is 14.4 Å². The topological polar surface area (TPSA) is 78.9 Å². The lowest BCUT2D eigenvalue weighted by Crippen LogP contribution is -2.30. The first-order valence-electron chi connectivity index (χ1n) is 26.9. The van der Waals surface area contributed by atoms with Gasteiger partial charge in [0.25, 0.3) is 0 Å². The van der Waals surface area contributed by atoms with Crippen molar-refractivity contribution in [1.82, 2.24) is 0 Å². The first-order valence-corrected chi connectivity index (χ1v) is 26.9. The zero-order valence-electron chi connectivity index (χ0n) is 44.6. The van der Waals surface area contributed by atoms with Crippen LogP contribution in [0.5, 0.6) is 0 Å². The molecule has 0 aromatic carbocycles. The molecule has 0 radical (unpaired) electrons. The number of allylic oxidation sites excluding steroid dienone is 36. The second-order valence-corrected chi connectivity index (χ2v) is 16.7. The molecule has 0 saturated carbocycles. The molecule has 0 saturated heterocycles. The third-order valence-electron chi connectivity index (χ3n) is 10.1. The Kier molecular flexibility index (Phi) is 52.3. The molecule has 0 rings (SSSR count). The average Bonchev–Trinajstić information content (AvgIpc) is 3.38. The zero-order valence-corrected chi connectivity index (χ0v) is 44.6. The second kappa shape index (κ2) is 57.3. The van der Waals surface area contributed by atoms with Crippen LogP contribution in [0, 0.1) is 0 Å². The highest BCUT2D eigenvalue weighted by molar-refractivity contribution is 5.71. The van der Waals surface area contributed by atoms with Crippen LogP contribution < -0.4 is 0 Å². The number of rotatable bonds is 44. The maximum Gasteiger partial charge on any atom is 0.306 e. The van der Waals surface area contributed by atoms with Gasteiger partial charge < -0.3 is 14.2 Å². The number of hydrogen-bond donors (Lipinski definition) is 0. The Bertz CT molecular complexity index is 1890. The van der Waals surface area contributed by atoms with Crippen molar-refractivity contribution >= 4 is 17.9 Å². The summed E-state index contributed by atoms with van der Waals surface area (Å²) in [5.74, 6) is -1.08. The molecule has 392 valence electrons. The molecule has 0 fully saturated rings. The fourth-order valence-corrected chi connectivity index (χ4v) is 6.16. The van der Waals surface area contributed by atoms with Crippen LogP contribution in [0.25, 0.3) is 0 Å². The van der Waals surface area contributed by atoms with Gasteiger partial charge >= 0.3 is 17.9 Å². The van der Waals surface area contributed by atoms with E-state index < -0.39 is 6.10 Å². The van der Waals surface area contributed by atoms with Gasteiger partial charge in [-0.2, -0.15) is 0 Å². The van der Waals surface area contributed by atoms with Crippen LogP contribution in [-0.2, 0) is 28.6 Å². The summed E-state index contributed by atoms with van der Waals surface area (Å²) in [7, 11) is 0. The van der Waals surface area contributed by atoms with Crippen molar-refractivity contribution in [3.63, 3.8) is 0 Å². The molecular formula is C66H92O6. The summed E-state index contributed by atoms with van der Waals surface area (Å²) in [5, 5.41) is 0. The van der Waals surface area contributed by atoms with Gasteiger partial charge in [-0.05, 0) is 96.3 Å². The minimum atomic E-state index is -0.851. The molecule has 6 nitrogen and oxygen atoms in total. The Morgan fingerprint density at radius 3 is 0.917 bits per heavy atom. The summed E-state index contributed by atoms with van der Waals surface area (Å²) >= 11 is 0. The van der Waals surface area contributed by atoms with Crippen LogP contribution >= 0.6 is 0 Å². The van der Waals surface area contributed by atoms with E-state index in [1.54, 1.807) is 0 Å². The Labute approximate surface area is 438 Å². The van der Waals surface area contributed by atoms with Crippen molar-refractivity contribution in [1.29, 1.82) is 0 Å². The van der Waals surface area contributed by atoms with E-state index in [1.165, 1.54) is 0 Å². The quantitative estimate of drug-likeness (QED) is 0.0199. The second-order valence-electron chi connectivity index (χ2n) is 16.7. The molecule has 0 aromatic heterocycles. The molecule has 0 aliphatic rings. The summed E-state index contributed by atoms with van der Waals surface area (Å²) in [6, 6.07) is 0. The molecule has 0 bridgehead atoms. The molecular weight excluding hydrogens is 889 g/mol. The maximum absolute atomic E-state index is 12.8. The predicted molar refractivity (Wildman–Crippen MR) is 310 cm³/mol. The van der Waals surface area contributed by atoms with Gasteiger partial charge in [-0.25, -0.2) is 0 Å². The lowest BCUT2D eigenvalue weighted by molar-refractivity contribution is -0.167. The maximum atomic E-state index is 12.8. The van der Waals surface area contributed by atoms with Crippen LogP contribution in [0.4, 0.5) is 0 Å². The Hall–Kier alpha value is -6.27. The van der Waals surface area contributed by atoms with Crippen LogP contribution in [0.2, 0.25) is 0 Å². The van der Waals surface area contributed by atoms with Gasteiger partial charge in [-0.1, -0.05) is 259 Å². The first-order chi connectivity index (χ1) is 35.5. The highest BCUT2D eigenvalue weighted by atomic mass is 16.6. The fourth-order valence-electron chi connectivity index (χ4n) is 6.16. The molecule has 72 heavy (non-hydrogen) atoms. The van der Waals surface area contributed by atoms with Gasteiger partial charge in [0, 0.05) is 19.3 Å². The Morgan fingerprint density at radius 1 is 0.292 bits per heavy atom. The Morgan fingerprint density at radius 2 is 0.569 bits per heavy atom. The Balaban J connectivity index is 4.73. The first kappa shape index (κ1) is 65.7. The molecule has 1 unspecified atom stereocenters. The van der Waals surface area contributed by atoms with Gasteiger partial charge in [0.15, 0.2) is 6.10 Å². The molecule has 1 atom stereocenters. The van der Waals surface area contributed by atoms with Crippen molar-refractivity contribution in [2.24, 2.45) is 0 Å². The fraction of sp³-hybridized carbons (Fsp3) is 0.409. The van der Waals surface area contributed by atoms with Crippen LogP contribution in [0.15, 0.2) is 219 Å². The van der Waals surface area contributed by atoms with Crippen molar-refractivity contribution < 1.29 is 28.6 Å². The third-order valence-corrected chi connectivity index (χ3v) is 10.1. The summed E-state index contributed by atoms with van der Waals surface area (Å²) in [4.78, 5) is 38.1. The van der Waals surface area contributed by atoms with E-state index in [0.717, 1.165) is 103 Å². The SMILES string of the molecule is CC\C=C/C=C\C=C/C=C\C=C\C=C/C=C\CCCCCC(=O)OCC(COC(=O)CCCCC/C=C\C/C=C\C/C=C\C/C=C\CC)OC(=O)CCCCC\C=C/C=C\C=C\C=C/C=C\C=C/C=C\CC. The number of unbranched alkanes of at least 4 members (excludes halogenated alkanes) is 9. The lowest BCUT2D eigenvalue weighted by atomic mass is 10.1. The number of carbonyl (C=O) groups is 3. The van der Waals surface area contributed by atoms with Crippen molar-refractivity contribution in [3.8, 4) is 0 Å². The van der Waals surface area contributed by atoms with Crippen molar-refractivity contribution in [2.45, 2.75) is 162 Å². The van der Waals surface area contributed by atoms with Gasteiger partial charge in [0.2, 0.25) is 0 Å². The number of ether oxygens (including phenoxy) is 3. The number of carbonyl (C=O) groups excluding carboxylic acids is 3. The minimum absolute atomic E-state index is 0.144. The number of esters is 3. The zero-order chi connectivity index (χ0) is 52.2. The molecule has 0 amide bonds. The van der Waals surface area contributed by atoms with Crippen LogP contribution in [0.1, 0.15) is 156 Å². The van der Waals surface area contributed by atoms with E-state index in [4.69, 9.17) is 14.2 Å². The summed E-state index contributed by atoms with van der Waals surface area (Å²) < 4.78 is 16.7. The van der Waals surface area contributed by atoms with Crippen LogP contribution in [0.3, 0.4) is 0 Å². The monoisotopic (exact) mass is 981 g/mol. The van der Waals surface area contributed by atoms with Gasteiger partial charge in [-0.15, -0.1) is 0 Å². The summed E-state index contributed by atoms with van der Waals surface area (Å²) in [5.41, 5.74) is 0.